The van der Waals surface area contributed by atoms with Crippen molar-refractivity contribution in [3.05, 3.63) is 59.2 Å². The molecule has 25 heavy (non-hydrogen) atoms. The van der Waals surface area contributed by atoms with Gasteiger partial charge < -0.3 is 15.1 Å². The van der Waals surface area contributed by atoms with Gasteiger partial charge in [-0.1, -0.05) is 37.3 Å². The number of nitrogens with one attached hydrogen (secondary N) is 1. The highest BCUT2D eigenvalue weighted by Crippen LogP contribution is 2.24. The van der Waals surface area contributed by atoms with Crippen LogP contribution in [0.15, 0.2) is 42.5 Å². The van der Waals surface area contributed by atoms with Crippen molar-refractivity contribution in [1.29, 1.82) is 0 Å². The van der Waals surface area contributed by atoms with Crippen molar-refractivity contribution in [1.82, 2.24) is 4.90 Å². The van der Waals surface area contributed by atoms with Crippen LogP contribution in [0.2, 0.25) is 0 Å². The number of benzene rings is 2. The standard InChI is InChI=1S/C21H27N3O/c1-4-18-9-5-6-10-19(18)22-21(25)24-14-12-23(13-15-24)20-11-7-8-16(2)17(20)3/h5-11H,4,12-15H2,1-3H3,(H,22,25). The van der Waals surface area contributed by atoms with E-state index in [-0.39, 0.29) is 6.03 Å². The minimum Gasteiger partial charge on any atom is -0.368 e. The van der Waals surface area contributed by atoms with Crippen molar-refractivity contribution in [3.63, 3.8) is 0 Å². The van der Waals surface area contributed by atoms with Gasteiger partial charge in [0.25, 0.3) is 0 Å². The highest BCUT2D eigenvalue weighted by molar-refractivity contribution is 5.90. The smallest absolute Gasteiger partial charge is 0.321 e. The van der Waals surface area contributed by atoms with E-state index in [0.717, 1.165) is 38.3 Å². The first kappa shape index (κ1) is 17.3. The third-order valence-electron chi connectivity index (χ3n) is 5.12. The van der Waals surface area contributed by atoms with E-state index in [1.807, 2.05) is 23.1 Å². The normalized spacial score (nSPS) is 14.5. The number of hydrogen-bond donors (Lipinski definition) is 1. The van der Waals surface area contributed by atoms with Crippen molar-refractivity contribution in [2.75, 3.05) is 36.4 Å². The lowest BCUT2D eigenvalue weighted by Crippen LogP contribution is -2.50. The number of amides is 2. The number of rotatable bonds is 3. The van der Waals surface area contributed by atoms with Gasteiger partial charge in [0.1, 0.15) is 0 Å². The van der Waals surface area contributed by atoms with Gasteiger partial charge >= 0.3 is 6.03 Å². The Morgan fingerprint density at radius 1 is 1.00 bits per heavy atom. The maximum absolute atomic E-state index is 12.6. The first-order valence-corrected chi connectivity index (χ1v) is 9.05. The first-order valence-electron chi connectivity index (χ1n) is 9.05. The Balaban J connectivity index is 1.62. The Hall–Kier alpha value is -2.49. The van der Waals surface area contributed by atoms with Crippen LogP contribution in [-0.2, 0) is 6.42 Å². The van der Waals surface area contributed by atoms with Crippen LogP contribution < -0.4 is 10.2 Å². The van der Waals surface area contributed by atoms with E-state index in [9.17, 15) is 4.79 Å². The molecule has 3 rings (SSSR count). The molecule has 1 N–H and O–H groups in total. The fourth-order valence-corrected chi connectivity index (χ4v) is 3.37. The third-order valence-corrected chi connectivity index (χ3v) is 5.12. The fourth-order valence-electron chi connectivity index (χ4n) is 3.37. The molecule has 1 aliphatic heterocycles. The second-order valence-corrected chi connectivity index (χ2v) is 6.63. The van der Waals surface area contributed by atoms with Gasteiger partial charge in [-0.2, -0.15) is 0 Å². The molecule has 1 heterocycles. The van der Waals surface area contributed by atoms with Gasteiger partial charge in [-0.3, -0.25) is 0 Å². The Bertz CT molecular complexity index is 749. The van der Waals surface area contributed by atoms with Crippen LogP contribution in [0.4, 0.5) is 16.2 Å². The van der Waals surface area contributed by atoms with E-state index in [1.54, 1.807) is 0 Å². The lowest BCUT2D eigenvalue weighted by molar-refractivity contribution is 0.208. The Labute approximate surface area is 150 Å². The van der Waals surface area contributed by atoms with Crippen LogP contribution in [0.25, 0.3) is 0 Å². The van der Waals surface area contributed by atoms with Crippen LogP contribution in [0.1, 0.15) is 23.6 Å². The molecule has 2 amide bonds. The second kappa shape index (κ2) is 7.60. The average Bonchev–Trinajstić information content (AvgIpc) is 2.64. The van der Waals surface area contributed by atoms with E-state index >= 15 is 0 Å². The van der Waals surface area contributed by atoms with Crippen LogP contribution in [0.5, 0.6) is 0 Å². The van der Waals surface area contributed by atoms with Crippen LogP contribution in [-0.4, -0.2) is 37.1 Å². The van der Waals surface area contributed by atoms with E-state index in [4.69, 9.17) is 0 Å². The minimum atomic E-state index is 0.00140. The summed E-state index contributed by atoms with van der Waals surface area (Å²) in [6.45, 7) is 9.65. The lowest BCUT2D eigenvalue weighted by Gasteiger charge is -2.37. The Kier molecular flexibility index (Phi) is 5.27. The summed E-state index contributed by atoms with van der Waals surface area (Å²) in [5.41, 5.74) is 6.03. The second-order valence-electron chi connectivity index (χ2n) is 6.63. The summed E-state index contributed by atoms with van der Waals surface area (Å²) >= 11 is 0. The number of carbonyl (C=O) groups excluding carboxylic acids is 1. The van der Waals surface area contributed by atoms with E-state index in [2.05, 4.69) is 55.3 Å². The molecule has 0 bridgehead atoms. The zero-order valence-electron chi connectivity index (χ0n) is 15.4. The maximum atomic E-state index is 12.6. The predicted molar refractivity (Wildman–Crippen MR) is 105 cm³/mol. The van der Waals surface area contributed by atoms with Crippen molar-refractivity contribution in [2.45, 2.75) is 27.2 Å². The molecule has 4 nitrogen and oxygen atoms in total. The SMILES string of the molecule is CCc1ccccc1NC(=O)N1CCN(c2cccc(C)c2C)CC1. The zero-order valence-corrected chi connectivity index (χ0v) is 15.4. The molecule has 0 saturated carbocycles. The van der Waals surface area contributed by atoms with Crippen molar-refractivity contribution in [2.24, 2.45) is 0 Å². The van der Waals surface area contributed by atoms with E-state index in [0.29, 0.717) is 0 Å². The lowest BCUT2D eigenvalue weighted by atomic mass is 10.1. The summed E-state index contributed by atoms with van der Waals surface area (Å²) in [5, 5.41) is 3.07. The molecule has 0 aliphatic carbocycles. The molecular weight excluding hydrogens is 310 g/mol. The molecule has 2 aromatic rings. The third kappa shape index (κ3) is 3.78. The number of anilines is 2. The fraction of sp³-hybridized carbons (Fsp3) is 0.381. The number of piperazine rings is 1. The number of aryl methyl sites for hydroxylation is 2. The van der Waals surface area contributed by atoms with Gasteiger partial charge in [-0.05, 0) is 49.1 Å². The number of hydrogen-bond acceptors (Lipinski definition) is 2. The quantitative estimate of drug-likeness (QED) is 0.910. The highest BCUT2D eigenvalue weighted by atomic mass is 16.2. The highest BCUT2D eigenvalue weighted by Gasteiger charge is 2.22. The molecule has 0 unspecified atom stereocenters. The monoisotopic (exact) mass is 337 g/mol. The first-order chi connectivity index (χ1) is 12.1. The summed E-state index contributed by atoms with van der Waals surface area (Å²) in [6, 6.07) is 14.4. The Morgan fingerprint density at radius 3 is 2.44 bits per heavy atom. The molecule has 0 aromatic heterocycles. The van der Waals surface area contributed by atoms with Crippen LogP contribution in [0, 0.1) is 13.8 Å². The van der Waals surface area contributed by atoms with Crippen LogP contribution in [0.3, 0.4) is 0 Å². The van der Waals surface area contributed by atoms with Gasteiger partial charge in [0.15, 0.2) is 0 Å². The summed E-state index contributed by atoms with van der Waals surface area (Å²) in [4.78, 5) is 16.9. The predicted octanol–water partition coefficient (Wildman–Crippen LogP) is 4.22. The molecule has 1 saturated heterocycles. The minimum absolute atomic E-state index is 0.00140. The number of carbonyl (C=O) groups is 1. The molecule has 0 spiro atoms. The molecule has 132 valence electrons. The van der Waals surface area contributed by atoms with Crippen LogP contribution >= 0.6 is 0 Å². The number of urea groups is 1. The van der Waals surface area contributed by atoms with Crippen molar-refractivity contribution < 1.29 is 4.79 Å². The summed E-state index contributed by atoms with van der Waals surface area (Å²) < 4.78 is 0. The topological polar surface area (TPSA) is 35.6 Å². The Morgan fingerprint density at radius 2 is 1.72 bits per heavy atom. The molecule has 0 radical (unpaired) electrons. The molecule has 1 aliphatic rings. The van der Waals surface area contributed by atoms with Gasteiger partial charge in [0.05, 0.1) is 0 Å². The van der Waals surface area contributed by atoms with Gasteiger partial charge in [0.2, 0.25) is 0 Å². The summed E-state index contributed by atoms with van der Waals surface area (Å²) in [6.07, 6.45) is 0.914. The summed E-state index contributed by atoms with van der Waals surface area (Å²) in [5.74, 6) is 0. The zero-order chi connectivity index (χ0) is 17.8. The van der Waals surface area contributed by atoms with Crippen molar-refractivity contribution >= 4 is 17.4 Å². The number of nitrogens with zero attached hydrogens (tertiary/aromatic N) is 2. The van der Waals surface area contributed by atoms with Gasteiger partial charge in [-0.15, -0.1) is 0 Å². The van der Waals surface area contributed by atoms with E-state index in [1.165, 1.54) is 22.4 Å². The van der Waals surface area contributed by atoms with Gasteiger partial charge in [0, 0.05) is 37.6 Å². The molecule has 2 aromatic carbocycles. The summed E-state index contributed by atoms with van der Waals surface area (Å²) in [7, 11) is 0. The maximum Gasteiger partial charge on any atom is 0.321 e. The van der Waals surface area contributed by atoms with E-state index < -0.39 is 0 Å². The molecule has 4 heteroatoms. The number of para-hydroxylation sites is 1. The molecule has 0 atom stereocenters. The van der Waals surface area contributed by atoms with Crippen molar-refractivity contribution in [3.8, 4) is 0 Å². The molecule has 1 fully saturated rings. The average molecular weight is 337 g/mol. The largest absolute Gasteiger partial charge is 0.368 e. The molecular formula is C21H27N3O. The van der Waals surface area contributed by atoms with Gasteiger partial charge in [-0.25, -0.2) is 4.79 Å².